The lowest BCUT2D eigenvalue weighted by Gasteiger charge is -2.08. The van der Waals surface area contributed by atoms with Gasteiger partial charge in [-0.25, -0.2) is 0 Å². The van der Waals surface area contributed by atoms with E-state index in [9.17, 15) is 29.3 Å². The standard InChI is InChI=1S/C19H13N5O6S/c25-15(20-12-7-3-4-8-13(12)24(29)30)9-14-16(26)21-19(31-14)22-23-17(27)10-5-1-2-6-11(10)18(23)28/h1-8,14H,9H2,(H,20,25)(H,21,22,26). The highest BCUT2D eigenvalue weighted by Gasteiger charge is 2.38. The Morgan fingerprint density at radius 1 is 1.10 bits per heavy atom. The quantitative estimate of drug-likeness (QED) is 0.409. The van der Waals surface area contributed by atoms with Crippen LogP contribution < -0.4 is 10.6 Å². The number of imide groups is 1. The third kappa shape index (κ3) is 3.88. The van der Waals surface area contributed by atoms with Crippen LogP contribution in [-0.2, 0) is 9.59 Å². The molecule has 156 valence electrons. The number of anilines is 1. The monoisotopic (exact) mass is 439 g/mol. The summed E-state index contributed by atoms with van der Waals surface area (Å²) in [4.78, 5) is 59.7. The molecule has 2 aromatic rings. The van der Waals surface area contributed by atoms with Crippen molar-refractivity contribution in [3.05, 3.63) is 69.8 Å². The fourth-order valence-corrected chi connectivity index (χ4v) is 4.01. The van der Waals surface area contributed by atoms with Crippen LogP contribution in [0.25, 0.3) is 0 Å². The Balaban J connectivity index is 1.43. The molecule has 0 bridgehead atoms. The number of hydrogen-bond donors (Lipinski definition) is 2. The van der Waals surface area contributed by atoms with Crippen molar-refractivity contribution in [2.75, 3.05) is 5.32 Å². The number of para-hydroxylation sites is 2. The maximum Gasteiger partial charge on any atom is 0.292 e. The summed E-state index contributed by atoms with van der Waals surface area (Å²) in [6.07, 6.45) is -0.288. The number of rotatable bonds is 5. The third-order valence-corrected chi connectivity index (χ3v) is 5.56. The minimum Gasteiger partial charge on any atom is -0.320 e. The number of hydrogen-bond acceptors (Lipinski definition) is 8. The Morgan fingerprint density at radius 3 is 2.35 bits per heavy atom. The second kappa shape index (κ2) is 7.99. The summed E-state index contributed by atoms with van der Waals surface area (Å²) in [5.41, 5.74) is 0.172. The molecule has 12 heteroatoms. The van der Waals surface area contributed by atoms with Crippen LogP contribution in [-0.4, -0.2) is 44.0 Å². The van der Waals surface area contributed by atoms with Gasteiger partial charge in [-0.2, -0.15) is 5.01 Å². The zero-order valence-electron chi connectivity index (χ0n) is 15.6. The van der Waals surface area contributed by atoms with Crippen molar-refractivity contribution < 1.29 is 24.1 Å². The zero-order valence-corrected chi connectivity index (χ0v) is 16.4. The van der Waals surface area contributed by atoms with Crippen molar-refractivity contribution in [2.45, 2.75) is 11.7 Å². The summed E-state index contributed by atoms with van der Waals surface area (Å²) in [6.45, 7) is 0. The van der Waals surface area contributed by atoms with Crippen LogP contribution in [0.2, 0.25) is 0 Å². The van der Waals surface area contributed by atoms with Crippen LogP contribution in [0, 0.1) is 10.1 Å². The number of nitro benzene ring substituents is 1. The smallest absolute Gasteiger partial charge is 0.292 e. The molecule has 2 aliphatic heterocycles. The largest absolute Gasteiger partial charge is 0.320 e. The first-order valence-electron chi connectivity index (χ1n) is 8.92. The van der Waals surface area contributed by atoms with Crippen molar-refractivity contribution in [3.63, 3.8) is 0 Å². The highest BCUT2D eigenvalue weighted by Crippen LogP contribution is 2.28. The molecule has 2 N–H and O–H groups in total. The lowest BCUT2D eigenvalue weighted by Crippen LogP contribution is -2.30. The van der Waals surface area contributed by atoms with Crippen LogP contribution in [0.15, 0.2) is 53.6 Å². The van der Waals surface area contributed by atoms with Crippen LogP contribution in [0.3, 0.4) is 0 Å². The molecule has 2 aliphatic rings. The van der Waals surface area contributed by atoms with Gasteiger partial charge in [-0.15, -0.1) is 5.10 Å². The molecule has 0 aromatic heterocycles. The summed E-state index contributed by atoms with van der Waals surface area (Å²) in [6, 6.07) is 11.9. The van der Waals surface area contributed by atoms with Gasteiger partial charge in [0.05, 0.1) is 16.1 Å². The molecule has 0 aliphatic carbocycles. The molecule has 31 heavy (non-hydrogen) atoms. The average molecular weight is 439 g/mol. The van der Waals surface area contributed by atoms with Crippen LogP contribution in [0.4, 0.5) is 11.4 Å². The van der Waals surface area contributed by atoms with E-state index in [4.69, 9.17) is 0 Å². The summed E-state index contributed by atoms with van der Waals surface area (Å²) in [5.74, 6) is -2.36. The van der Waals surface area contributed by atoms with E-state index in [1.807, 2.05) is 0 Å². The zero-order chi connectivity index (χ0) is 22.1. The summed E-state index contributed by atoms with van der Waals surface area (Å²) in [7, 11) is 0. The SMILES string of the molecule is O=C(CC1SC(=NN2C(=O)c3ccccc3C2=O)NC1=O)Nc1ccccc1[N+](=O)[O-]. The Hall–Kier alpha value is -4.06. The Labute approximate surface area is 178 Å². The van der Waals surface area contributed by atoms with E-state index in [0.717, 1.165) is 11.8 Å². The second-order valence-electron chi connectivity index (χ2n) is 6.50. The number of carbonyl (C=O) groups is 4. The first-order chi connectivity index (χ1) is 14.8. The van der Waals surface area contributed by atoms with Gasteiger partial charge in [0.15, 0.2) is 5.17 Å². The van der Waals surface area contributed by atoms with Gasteiger partial charge in [0.2, 0.25) is 11.8 Å². The normalized spacial score (nSPS) is 18.8. The molecular weight excluding hydrogens is 426 g/mol. The first-order valence-corrected chi connectivity index (χ1v) is 9.80. The molecule has 1 saturated heterocycles. The van der Waals surface area contributed by atoms with Crippen molar-refractivity contribution >= 4 is 51.9 Å². The van der Waals surface area contributed by atoms with Crippen molar-refractivity contribution in [3.8, 4) is 0 Å². The van der Waals surface area contributed by atoms with Crippen molar-refractivity contribution in [2.24, 2.45) is 5.10 Å². The number of hydrazone groups is 1. The first kappa shape index (κ1) is 20.2. The molecule has 0 saturated carbocycles. The predicted octanol–water partition coefficient (Wildman–Crippen LogP) is 1.72. The van der Waals surface area contributed by atoms with E-state index in [-0.39, 0.29) is 34.1 Å². The molecular formula is C19H13N5O6S. The lowest BCUT2D eigenvalue weighted by molar-refractivity contribution is -0.383. The Kier molecular flexibility index (Phi) is 5.21. The molecule has 0 radical (unpaired) electrons. The van der Waals surface area contributed by atoms with E-state index >= 15 is 0 Å². The van der Waals surface area contributed by atoms with Gasteiger partial charge in [-0.3, -0.25) is 29.3 Å². The Morgan fingerprint density at radius 2 is 1.71 bits per heavy atom. The van der Waals surface area contributed by atoms with Gasteiger partial charge in [0.25, 0.3) is 17.5 Å². The van der Waals surface area contributed by atoms with Gasteiger partial charge in [0.1, 0.15) is 10.9 Å². The number of carbonyl (C=O) groups excluding carboxylic acids is 4. The van der Waals surface area contributed by atoms with Crippen LogP contribution in [0.5, 0.6) is 0 Å². The van der Waals surface area contributed by atoms with E-state index in [2.05, 4.69) is 15.7 Å². The van der Waals surface area contributed by atoms with Gasteiger partial charge in [-0.1, -0.05) is 36.0 Å². The second-order valence-corrected chi connectivity index (χ2v) is 7.69. The van der Waals surface area contributed by atoms with Gasteiger partial charge in [0, 0.05) is 12.5 Å². The van der Waals surface area contributed by atoms with Gasteiger partial charge >= 0.3 is 0 Å². The highest BCUT2D eigenvalue weighted by molar-refractivity contribution is 8.15. The minimum atomic E-state index is -0.878. The maximum absolute atomic E-state index is 12.4. The lowest BCUT2D eigenvalue weighted by atomic mass is 10.1. The topological polar surface area (TPSA) is 151 Å². The molecule has 2 heterocycles. The molecule has 4 rings (SSSR count). The highest BCUT2D eigenvalue weighted by atomic mass is 32.2. The van der Waals surface area contributed by atoms with Crippen molar-refractivity contribution in [1.29, 1.82) is 0 Å². The molecule has 1 unspecified atom stereocenters. The average Bonchev–Trinajstić information content (AvgIpc) is 3.20. The van der Waals surface area contributed by atoms with E-state index in [0.29, 0.717) is 5.01 Å². The number of nitro groups is 1. The number of nitrogens with zero attached hydrogens (tertiary/aromatic N) is 3. The number of thioether (sulfide) groups is 1. The molecule has 11 nitrogen and oxygen atoms in total. The van der Waals surface area contributed by atoms with E-state index in [1.165, 1.54) is 36.4 Å². The molecule has 4 amide bonds. The Bertz CT molecular complexity index is 1140. The maximum atomic E-state index is 12.4. The molecule has 1 atom stereocenters. The number of amides is 4. The van der Waals surface area contributed by atoms with E-state index < -0.39 is 33.8 Å². The van der Waals surface area contributed by atoms with Crippen LogP contribution in [0.1, 0.15) is 27.1 Å². The number of amidine groups is 1. The fourth-order valence-electron chi connectivity index (χ4n) is 3.05. The number of fused-ring (bicyclic) bond motifs is 1. The molecule has 2 aromatic carbocycles. The fraction of sp³-hybridized carbons (Fsp3) is 0.105. The number of nitrogens with one attached hydrogen (secondary N) is 2. The minimum absolute atomic E-state index is 0.00278. The van der Waals surface area contributed by atoms with Crippen LogP contribution >= 0.6 is 11.8 Å². The molecule has 1 fully saturated rings. The summed E-state index contributed by atoms with van der Waals surface area (Å²) < 4.78 is 0. The third-order valence-electron chi connectivity index (χ3n) is 4.49. The number of benzene rings is 2. The van der Waals surface area contributed by atoms with E-state index in [1.54, 1.807) is 12.1 Å². The summed E-state index contributed by atoms with van der Waals surface area (Å²) in [5, 5.41) is 19.6. The van der Waals surface area contributed by atoms with Gasteiger partial charge in [-0.05, 0) is 18.2 Å². The predicted molar refractivity (Wildman–Crippen MR) is 110 cm³/mol. The molecule has 0 spiro atoms. The van der Waals surface area contributed by atoms with Crippen molar-refractivity contribution in [1.82, 2.24) is 10.3 Å². The van der Waals surface area contributed by atoms with Gasteiger partial charge < -0.3 is 10.6 Å². The summed E-state index contributed by atoms with van der Waals surface area (Å²) >= 11 is 0.886.